The summed E-state index contributed by atoms with van der Waals surface area (Å²) in [5, 5.41) is 7.71. The van der Waals surface area contributed by atoms with Crippen molar-refractivity contribution in [2.75, 3.05) is 20.8 Å². The molecule has 1 N–H and O–H groups in total. The average molecular weight is 366 g/mol. The van der Waals surface area contributed by atoms with Gasteiger partial charge in [0.1, 0.15) is 0 Å². The molecule has 0 fully saturated rings. The highest BCUT2D eigenvalue weighted by Crippen LogP contribution is 2.35. The molecule has 0 unspecified atom stereocenters. The van der Waals surface area contributed by atoms with E-state index in [-0.39, 0.29) is 11.8 Å². The summed E-state index contributed by atoms with van der Waals surface area (Å²) in [6.45, 7) is 7.34. The number of carbonyl (C=O) groups excluding carboxylic acids is 1. The van der Waals surface area contributed by atoms with Crippen molar-refractivity contribution in [2.45, 2.75) is 27.3 Å². The second-order valence-corrected chi connectivity index (χ2v) is 6.53. The summed E-state index contributed by atoms with van der Waals surface area (Å²) in [4.78, 5) is 12.4. The van der Waals surface area contributed by atoms with E-state index >= 15 is 0 Å². The van der Waals surface area contributed by atoms with Gasteiger partial charge in [-0.15, -0.1) is 0 Å². The summed E-state index contributed by atoms with van der Waals surface area (Å²) in [6.07, 6.45) is 0. The van der Waals surface area contributed by atoms with Crippen molar-refractivity contribution in [1.82, 2.24) is 15.1 Å². The summed E-state index contributed by atoms with van der Waals surface area (Å²) in [6, 6.07) is 5.23. The van der Waals surface area contributed by atoms with Crippen LogP contribution in [-0.4, -0.2) is 36.5 Å². The number of halogens is 1. The Morgan fingerprint density at radius 3 is 2.56 bits per heavy atom. The molecular formula is C18H24ClN3O3. The minimum Gasteiger partial charge on any atom is -0.493 e. The first-order chi connectivity index (χ1) is 11.8. The number of amides is 1. The van der Waals surface area contributed by atoms with E-state index in [9.17, 15) is 4.79 Å². The van der Waals surface area contributed by atoms with Crippen LogP contribution in [0.25, 0.3) is 0 Å². The Bertz CT molecular complexity index is 758. The third-order valence-electron chi connectivity index (χ3n) is 3.89. The highest BCUT2D eigenvalue weighted by Gasteiger charge is 2.16. The van der Waals surface area contributed by atoms with Crippen LogP contribution in [0.3, 0.4) is 0 Å². The Hall–Kier alpha value is -2.21. The lowest BCUT2D eigenvalue weighted by molar-refractivity contribution is 0.0946. The fraction of sp³-hybridized carbons (Fsp3) is 0.444. The van der Waals surface area contributed by atoms with Gasteiger partial charge in [0.25, 0.3) is 5.91 Å². The second kappa shape index (κ2) is 8.25. The maximum absolute atomic E-state index is 12.4. The molecule has 1 heterocycles. The van der Waals surface area contributed by atoms with E-state index in [1.54, 1.807) is 12.1 Å². The molecule has 1 atom stereocenters. The molecule has 2 aromatic rings. The predicted octanol–water partition coefficient (Wildman–Crippen LogP) is 3.24. The molecule has 1 aromatic carbocycles. The molecule has 0 saturated carbocycles. The van der Waals surface area contributed by atoms with Gasteiger partial charge < -0.3 is 14.8 Å². The third-order valence-corrected chi connectivity index (χ3v) is 4.18. The third kappa shape index (κ3) is 4.66. The Morgan fingerprint density at radius 2 is 2.00 bits per heavy atom. The van der Waals surface area contributed by atoms with Crippen molar-refractivity contribution in [3.63, 3.8) is 0 Å². The SMILES string of the molecule is COc1cc(C(=O)NC[C@H](C)Cn2nc(C)cc2C)cc(Cl)c1OC. The summed E-state index contributed by atoms with van der Waals surface area (Å²) in [5.74, 6) is 0.870. The normalized spacial score (nSPS) is 11.9. The maximum Gasteiger partial charge on any atom is 0.251 e. The van der Waals surface area contributed by atoms with E-state index in [2.05, 4.69) is 17.3 Å². The quantitative estimate of drug-likeness (QED) is 0.818. The molecule has 0 saturated heterocycles. The van der Waals surface area contributed by atoms with Crippen molar-refractivity contribution < 1.29 is 14.3 Å². The number of ether oxygens (including phenoxy) is 2. The largest absolute Gasteiger partial charge is 0.493 e. The summed E-state index contributed by atoms with van der Waals surface area (Å²) >= 11 is 6.15. The van der Waals surface area contributed by atoms with E-state index in [4.69, 9.17) is 21.1 Å². The van der Waals surface area contributed by atoms with E-state index < -0.39 is 0 Å². The van der Waals surface area contributed by atoms with Crippen LogP contribution in [0.4, 0.5) is 0 Å². The minimum absolute atomic E-state index is 0.205. The Balaban J connectivity index is 2.00. The number of rotatable bonds is 7. The van der Waals surface area contributed by atoms with Gasteiger partial charge in [0, 0.05) is 24.3 Å². The number of methoxy groups -OCH3 is 2. The van der Waals surface area contributed by atoms with Gasteiger partial charge in [-0.05, 0) is 38.0 Å². The summed E-state index contributed by atoms with van der Waals surface area (Å²) in [7, 11) is 3.01. The number of hydrogen-bond donors (Lipinski definition) is 1. The first-order valence-corrected chi connectivity index (χ1v) is 8.44. The van der Waals surface area contributed by atoms with Gasteiger partial charge in [0.15, 0.2) is 11.5 Å². The molecular weight excluding hydrogens is 342 g/mol. The standard InChI is InChI=1S/C18H24ClN3O3/c1-11(10-22-13(3)6-12(2)21-22)9-20-18(23)14-7-15(19)17(25-5)16(8-14)24-4/h6-8,11H,9-10H2,1-5H3,(H,20,23)/t11-/m0/s1. The van der Waals surface area contributed by atoms with Crippen molar-refractivity contribution in [3.05, 3.63) is 40.2 Å². The van der Waals surface area contributed by atoms with E-state index in [1.807, 2.05) is 24.6 Å². The average Bonchev–Trinajstić information content (AvgIpc) is 2.88. The number of aromatic nitrogens is 2. The lowest BCUT2D eigenvalue weighted by atomic mass is 10.1. The van der Waals surface area contributed by atoms with Gasteiger partial charge in [0.2, 0.25) is 0 Å². The second-order valence-electron chi connectivity index (χ2n) is 6.12. The van der Waals surface area contributed by atoms with Gasteiger partial charge in [-0.25, -0.2) is 0 Å². The topological polar surface area (TPSA) is 65.4 Å². The highest BCUT2D eigenvalue weighted by molar-refractivity contribution is 6.32. The first kappa shape index (κ1) is 19.1. The Kier molecular flexibility index (Phi) is 6.31. The summed E-state index contributed by atoms with van der Waals surface area (Å²) in [5.41, 5.74) is 2.54. The van der Waals surface area contributed by atoms with Crippen molar-refractivity contribution in [2.24, 2.45) is 5.92 Å². The molecule has 0 aliphatic carbocycles. The number of carbonyl (C=O) groups is 1. The lowest BCUT2D eigenvalue weighted by Gasteiger charge is -2.15. The zero-order valence-corrected chi connectivity index (χ0v) is 16.0. The fourth-order valence-corrected chi connectivity index (χ4v) is 2.93. The number of aryl methyl sites for hydroxylation is 2. The monoisotopic (exact) mass is 365 g/mol. The van der Waals surface area contributed by atoms with Gasteiger partial charge in [-0.2, -0.15) is 5.10 Å². The van der Waals surface area contributed by atoms with Gasteiger partial charge in [-0.1, -0.05) is 18.5 Å². The van der Waals surface area contributed by atoms with Crippen molar-refractivity contribution in [3.8, 4) is 11.5 Å². The predicted molar refractivity (Wildman–Crippen MR) is 97.8 cm³/mol. The zero-order valence-electron chi connectivity index (χ0n) is 15.2. The molecule has 2 rings (SSSR count). The molecule has 0 aliphatic rings. The number of nitrogens with zero attached hydrogens (tertiary/aromatic N) is 2. The van der Waals surface area contributed by atoms with Crippen molar-refractivity contribution in [1.29, 1.82) is 0 Å². The molecule has 25 heavy (non-hydrogen) atoms. The lowest BCUT2D eigenvalue weighted by Crippen LogP contribution is -2.30. The van der Waals surface area contributed by atoms with Crippen molar-refractivity contribution >= 4 is 17.5 Å². The number of hydrogen-bond acceptors (Lipinski definition) is 4. The number of benzene rings is 1. The van der Waals surface area contributed by atoms with Crippen LogP contribution in [-0.2, 0) is 6.54 Å². The highest BCUT2D eigenvalue weighted by atomic mass is 35.5. The van der Waals surface area contributed by atoms with Crippen LogP contribution in [0.15, 0.2) is 18.2 Å². The van der Waals surface area contributed by atoms with Gasteiger partial charge in [0.05, 0.1) is 24.9 Å². The molecule has 7 heteroatoms. The van der Waals surface area contributed by atoms with Gasteiger partial charge in [-0.3, -0.25) is 9.48 Å². The number of nitrogens with one attached hydrogen (secondary N) is 1. The molecule has 0 aliphatic heterocycles. The van der Waals surface area contributed by atoms with Crippen LogP contribution in [0.5, 0.6) is 11.5 Å². The zero-order chi connectivity index (χ0) is 18.6. The Morgan fingerprint density at radius 1 is 1.28 bits per heavy atom. The molecule has 0 bridgehead atoms. The molecule has 1 aromatic heterocycles. The molecule has 0 radical (unpaired) electrons. The van der Waals surface area contributed by atoms with Gasteiger partial charge >= 0.3 is 0 Å². The maximum atomic E-state index is 12.4. The van der Waals surface area contributed by atoms with Crippen LogP contribution < -0.4 is 14.8 Å². The fourth-order valence-electron chi connectivity index (χ4n) is 2.64. The summed E-state index contributed by atoms with van der Waals surface area (Å²) < 4.78 is 12.4. The molecule has 0 spiro atoms. The Labute approximate surface area is 153 Å². The molecule has 6 nitrogen and oxygen atoms in total. The van der Waals surface area contributed by atoms with E-state index in [0.29, 0.717) is 28.6 Å². The van der Waals surface area contributed by atoms with Crippen LogP contribution >= 0.6 is 11.6 Å². The molecule has 136 valence electrons. The molecule has 1 amide bonds. The van der Waals surface area contributed by atoms with Crippen LogP contribution in [0.1, 0.15) is 28.7 Å². The van der Waals surface area contributed by atoms with E-state index in [0.717, 1.165) is 17.9 Å². The van der Waals surface area contributed by atoms with E-state index in [1.165, 1.54) is 14.2 Å². The minimum atomic E-state index is -0.205. The van der Waals surface area contributed by atoms with Crippen LogP contribution in [0, 0.1) is 19.8 Å². The van der Waals surface area contributed by atoms with Crippen LogP contribution in [0.2, 0.25) is 5.02 Å². The smallest absolute Gasteiger partial charge is 0.251 e. The first-order valence-electron chi connectivity index (χ1n) is 8.06.